The number of nitrogens with one attached hydrogen (secondary N) is 2. The zero-order chi connectivity index (χ0) is 13.1. The molecular weight excluding hydrogens is 316 g/mol. The third-order valence-electron chi connectivity index (χ3n) is 2.32. The quantitative estimate of drug-likeness (QED) is 0.910. The van der Waals surface area contributed by atoms with Gasteiger partial charge in [0.05, 0.1) is 9.48 Å². The van der Waals surface area contributed by atoms with E-state index in [1.54, 1.807) is 23.1 Å². The van der Waals surface area contributed by atoms with Crippen molar-refractivity contribution in [3.05, 3.63) is 32.6 Å². The third kappa shape index (κ3) is 3.33. The predicted molar refractivity (Wildman–Crippen MR) is 75.8 cm³/mol. The van der Waals surface area contributed by atoms with Crippen molar-refractivity contribution in [1.29, 1.82) is 0 Å². The normalized spacial score (nSPS) is 10.4. The second-order valence-corrected chi connectivity index (χ2v) is 6.15. The zero-order valence-electron chi connectivity index (χ0n) is 10.0. The van der Waals surface area contributed by atoms with Gasteiger partial charge in [-0.25, -0.2) is 4.79 Å². The molecule has 2 heterocycles. The van der Waals surface area contributed by atoms with E-state index >= 15 is 0 Å². The second-order valence-electron chi connectivity index (χ2n) is 3.86. The number of carbonyl (C=O) groups excluding carboxylic acids is 1. The highest BCUT2D eigenvalue weighted by molar-refractivity contribution is 9.11. The fraction of sp³-hybridized carbons (Fsp3) is 0.273. The number of urea groups is 1. The minimum atomic E-state index is -0.236. The fourth-order valence-corrected chi connectivity index (χ4v) is 2.72. The van der Waals surface area contributed by atoms with Crippen molar-refractivity contribution < 1.29 is 4.79 Å². The van der Waals surface area contributed by atoms with Crippen LogP contribution in [0.15, 0.2) is 21.3 Å². The summed E-state index contributed by atoms with van der Waals surface area (Å²) in [6, 6.07) is 3.57. The Labute approximate surface area is 117 Å². The van der Waals surface area contributed by atoms with E-state index in [2.05, 4.69) is 31.7 Å². The summed E-state index contributed by atoms with van der Waals surface area (Å²) in [4.78, 5) is 11.7. The first-order chi connectivity index (χ1) is 8.54. The molecule has 0 radical (unpaired) electrons. The molecule has 2 rings (SSSR count). The lowest BCUT2D eigenvalue weighted by atomic mass is 10.3. The summed E-state index contributed by atoms with van der Waals surface area (Å²) in [5.74, 6) is 0.677. The van der Waals surface area contributed by atoms with E-state index in [0.29, 0.717) is 12.4 Å². The summed E-state index contributed by atoms with van der Waals surface area (Å²) in [5.41, 5.74) is 1.94. The number of rotatable bonds is 3. The first-order valence-electron chi connectivity index (χ1n) is 5.33. The van der Waals surface area contributed by atoms with Gasteiger partial charge in [-0.3, -0.25) is 10.00 Å². The number of hydrogen-bond acceptors (Lipinski definition) is 3. The lowest BCUT2D eigenvalue weighted by Crippen LogP contribution is -2.28. The molecule has 0 saturated carbocycles. The molecule has 96 valence electrons. The van der Waals surface area contributed by atoms with Gasteiger partial charge in [0.1, 0.15) is 5.82 Å². The smallest absolute Gasteiger partial charge is 0.320 e. The Bertz CT molecular complexity index is 563. The maximum atomic E-state index is 11.7. The van der Waals surface area contributed by atoms with Gasteiger partial charge in [0, 0.05) is 19.7 Å². The van der Waals surface area contributed by atoms with Crippen LogP contribution in [0.5, 0.6) is 0 Å². The van der Waals surface area contributed by atoms with Crippen LogP contribution in [0.1, 0.15) is 11.3 Å². The van der Waals surface area contributed by atoms with Gasteiger partial charge in [-0.15, -0.1) is 11.3 Å². The van der Waals surface area contributed by atoms with Crippen LogP contribution in [0.2, 0.25) is 0 Å². The van der Waals surface area contributed by atoms with Crippen LogP contribution >= 0.6 is 27.3 Å². The highest BCUT2D eigenvalue weighted by Gasteiger charge is 2.06. The molecule has 0 aliphatic rings. The van der Waals surface area contributed by atoms with Crippen molar-refractivity contribution in [2.75, 3.05) is 5.32 Å². The number of halogens is 1. The Morgan fingerprint density at radius 1 is 1.56 bits per heavy atom. The van der Waals surface area contributed by atoms with Crippen LogP contribution in [0.4, 0.5) is 10.6 Å². The largest absolute Gasteiger partial charge is 0.334 e. The molecule has 7 heteroatoms. The summed E-state index contributed by atoms with van der Waals surface area (Å²) >= 11 is 4.98. The molecule has 0 bridgehead atoms. The molecule has 2 amide bonds. The minimum absolute atomic E-state index is 0.236. The van der Waals surface area contributed by atoms with E-state index in [1.165, 1.54) is 0 Å². The van der Waals surface area contributed by atoms with Gasteiger partial charge >= 0.3 is 6.03 Å². The van der Waals surface area contributed by atoms with E-state index in [9.17, 15) is 4.79 Å². The van der Waals surface area contributed by atoms with Gasteiger partial charge < -0.3 is 5.32 Å². The minimum Gasteiger partial charge on any atom is -0.334 e. The summed E-state index contributed by atoms with van der Waals surface area (Å²) in [7, 11) is 1.79. The lowest BCUT2D eigenvalue weighted by molar-refractivity contribution is 0.251. The van der Waals surface area contributed by atoms with Crippen molar-refractivity contribution in [2.24, 2.45) is 7.05 Å². The molecule has 0 aliphatic carbocycles. The molecule has 0 spiro atoms. The first-order valence-corrected chi connectivity index (χ1v) is 7.00. The summed E-state index contributed by atoms with van der Waals surface area (Å²) in [5, 5.41) is 11.7. The number of thiophene rings is 1. The Balaban J connectivity index is 1.87. The average Bonchev–Trinajstić information content (AvgIpc) is 2.83. The van der Waals surface area contributed by atoms with E-state index in [1.807, 2.05) is 24.4 Å². The van der Waals surface area contributed by atoms with Gasteiger partial charge in [0.15, 0.2) is 0 Å². The number of nitrogens with zero attached hydrogens (tertiary/aromatic N) is 2. The van der Waals surface area contributed by atoms with E-state index < -0.39 is 0 Å². The van der Waals surface area contributed by atoms with Crippen molar-refractivity contribution in [3.8, 4) is 0 Å². The van der Waals surface area contributed by atoms with E-state index in [-0.39, 0.29) is 6.03 Å². The fourth-order valence-electron chi connectivity index (χ4n) is 1.51. The van der Waals surface area contributed by atoms with Crippen LogP contribution in [-0.4, -0.2) is 15.8 Å². The Kier molecular flexibility index (Phi) is 4.03. The Morgan fingerprint density at radius 3 is 2.89 bits per heavy atom. The van der Waals surface area contributed by atoms with Crippen LogP contribution in [0.25, 0.3) is 0 Å². The number of aryl methyl sites for hydroxylation is 2. The second kappa shape index (κ2) is 5.53. The molecular formula is C11H13BrN4OS. The van der Waals surface area contributed by atoms with Gasteiger partial charge in [-0.2, -0.15) is 5.10 Å². The summed E-state index contributed by atoms with van der Waals surface area (Å²) in [6.07, 6.45) is 0. The summed E-state index contributed by atoms with van der Waals surface area (Å²) < 4.78 is 2.69. The SMILES string of the molecule is Cc1cc(NC(=O)NCc2csc(Br)c2)n(C)n1. The molecule has 18 heavy (non-hydrogen) atoms. The van der Waals surface area contributed by atoms with Gasteiger partial charge in [0.25, 0.3) is 0 Å². The Morgan fingerprint density at radius 2 is 2.33 bits per heavy atom. The topological polar surface area (TPSA) is 59.0 Å². The molecule has 0 fully saturated rings. The molecule has 0 unspecified atom stereocenters. The summed E-state index contributed by atoms with van der Waals surface area (Å²) in [6.45, 7) is 2.39. The van der Waals surface area contributed by atoms with Crippen LogP contribution in [-0.2, 0) is 13.6 Å². The number of amides is 2. The molecule has 0 saturated heterocycles. The molecule has 0 atom stereocenters. The molecule has 0 aromatic carbocycles. The Hall–Kier alpha value is -1.34. The van der Waals surface area contributed by atoms with Crippen molar-refractivity contribution >= 4 is 39.1 Å². The van der Waals surface area contributed by atoms with Gasteiger partial charge in [0.2, 0.25) is 0 Å². The van der Waals surface area contributed by atoms with Crippen molar-refractivity contribution in [2.45, 2.75) is 13.5 Å². The monoisotopic (exact) mass is 328 g/mol. The third-order valence-corrected chi connectivity index (χ3v) is 3.87. The van der Waals surface area contributed by atoms with E-state index in [0.717, 1.165) is 15.0 Å². The zero-order valence-corrected chi connectivity index (χ0v) is 12.4. The predicted octanol–water partition coefficient (Wildman–Crippen LogP) is 2.87. The molecule has 2 N–H and O–H groups in total. The lowest BCUT2D eigenvalue weighted by Gasteiger charge is -2.06. The van der Waals surface area contributed by atoms with E-state index in [4.69, 9.17) is 0 Å². The molecule has 2 aromatic heterocycles. The highest BCUT2D eigenvalue weighted by Crippen LogP contribution is 2.20. The molecule has 5 nitrogen and oxygen atoms in total. The van der Waals surface area contributed by atoms with Crippen LogP contribution < -0.4 is 10.6 Å². The maximum absolute atomic E-state index is 11.7. The molecule has 0 aliphatic heterocycles. The molecule has 2 aromatic rings. The van der Waals surface area contributed by atoms with Crippen molar-refractivity contribution in [3.63, 3.8) is 0 Å². The highest BCUT2D eigenvalue weighted by atomic mass is 79.9. The van der Waals surface area contributed by atoms with Crippen molar-refractivity contribution in [1.82, 2.24) is 15.1 Å². The van der Waals surface area contributed by atoms with Crippen LogP contribution in [0, 0.1) is 6.92 Å². The first kappa shape index (κ1) is 13.1. The average molecular weight is 329 g/mol. The van der Waals surface area contributed by atoms with Gasteiger partial charge in [-0.05, 0) is 39.9 Å². The number of anilines is 1. The number of carbonyl (C=O) groups is 1. The van der Waals surface area contributed by atoms with Crippen LogP contribution in [0.3, 0.4) is 0 Å². The van der Waals surface area contributed by atoms with Gasteiger partial charge in [-0.1, -0.05) is 0 Å². The number of hydrogen-bond donors (Lipinski definition) is 2. The maximum Gasteiger partial charge on any atom is 0.320 e. The standard InChI is InChI=1S/C11H13BrN4OS/c1-7-3-10(16(2)15-7)14-11(17)13-5-8-4-9(12)18-6-8/h3-4,6H,5H2,1-2H3,(H2,13,14,17). The number of aromatic nitrogens is 2.